The van der Waals surface area contributed by atoms with Crippen LogP contribution in [-0.2, 0) is 0 Å². The van der Waals surface area contributed by atoms with E-state index in [2.05, 4.69) is 95.8 Å². The Morgan fingerprint density at radius 1 is 0.500 bits per heavy atom. The molecule has 2 nitrogen and oxygen atoms in total. The van der Waals surface area contributed by atoms with E-state index in [1.165, 1.54) is 21.5 Å². The minimum Gasteiger partial charge on any atom is -0.301 e. The number of hydrogen-bond donors (Lipinski definition) is 2. The van der Waals surface area contributed by atoms with Gasteiger partial charge < -0.3 is 10.9 Å². The highest BCUT2D eigenvalue weighted by Gasteiger charge is 2.00. The lowest BCUT2D eigenvalue weighted by Crippen LogP contribution is -2.08. The van der Waals surface area contributed by atoms with Crippen LogP contribution in [0.5, 0.6) is 0 Å². The third-order valence-corrected chi connectivity index (χ3v) is 3.88. The zero-order valence-electron chi connectivity index (χ0n) is 12.1. The monoisotopic (exact) mass is 284 g/mol. The summed E-state index contributed by atoms with van der Waals surface area (Å²) in [6.07, 6.45) is 0. The van der Waals surface area contributed by atoms with Crippen LogP contribution in [0.15, 0.2) is 84.9 Å². The summed E-state index contributed by atoms with van der Waals surface area (Å²) in [4.78, 5) is 0. The molecule has 0 heterocycles. The molecule has 0 radical (unpaired) electrons. The molecule has 0 aromatic heterocycles. The molecule has 0 aliphatic rings. The van der Waals surface area contributed by atoms with Crippen LogP contribution >= 0.6 is 0 Å². The lowest BCUT2D eigenvalue weighted by Gasteiger charge is -2.12. The third kappa shape index (κ3) is 2.35. The summed E-state index contributed by atoms with van der Waals surface area (Å²) in [6.45, 7) is 0. The van der Waals surface area contributed by atoms with Crippen molar-refractivity contribution in [2.45, 2.75) is 0 Å². The normalized spacial score (nSPS) is 10.7. The average molecular weight is 284 g/mol. The van der Waals surface area contributed by atoms with Gasteiger partial charge in [0, 0.05) is 5.39 Å². The maximum absolute atomic E-state index is 3.32. The van der Waals surface area contributed by atoms with Crippen molar-refractivity contribution in [1.82, 2.24) is 0 Å². The molecule has 0 atom stereocenters. The topological polar surface area (TPSA) is 24.1 Å². The molecule has 0 spiro atoms. The van der Waals surface area contributed by atoms with Crippen molar-refractivity contribution in [1.29, 1.82) is 0 Å². The molecule has 0 saturated carbocycles. The molecule has 0 aliphatic carbocycles. The van der Waals surface area contributed by atoms with E-state index in [-0.39, 0.29) is 0 Å². The molecular weight excluding hydrogens is 268 g/mol. The minimum absolute atomic E-state index is 1.05. The van der Waals surface area contributed by atoms with Crippen LogP contribution in [0.1, 0.15) is 0 Å². The molecule has 0 unspecified atom stereocenters. The molecule has 4 aromatic rings. The van der Waals surface area contributed by atoms with Crippen LogP contribution in [0.2, 0.25) is 0 Å². The lowest BCUT2D eigenvalue weighted by molar-refractivity contribution is 1.44. The molecule has 0 saturated heterocycles. The number of hydrogen-bond acceptors (Lipinski definition) is 2. The number of hydrazine groups is 1. The van der Waals surface area contributed by atoms with E-state index < -0.39 is 0 Å². The lowest BCUT2D eigenvalue weighted by atomic mass is 10.1. The van der Waals surface area contributed by atoms with E-state index in [1.807, 2.05) is 0 Å². The van der Waals surface area contributed by atoms with E-state index in [0.29, 0.717) is 0 Å². The summed E-state index contributed by atoms with van der Waals surface area (Å²) in [5.74, 6) is 0. The van der Waals surface area contributed by atoms with E-state index in [1.54, 1.807) is 0 Å². The molecule has 0 aliphatic heterocycles. The molecule has 0 amide bonds. The number of anilines is 2. The first-order chi connectivity index (χ1) is 10.9. The molecule has 0 bridgehead atoms. The fourth-order valence-corrected chi connectivity index (χ4v) is 2.74. The van der Waals surface area contributed by atoms with Crippen LogP contribution in [0.3, 0.4) is 0 Å². The Labute approximate surface area is 129 Å². The first-order valence-electron chi connectivity index (χ1n) is 7.39. The second-order valence-electron chi connectivity index (χ2n) is 5.34. The molecule has 2 heteroatoms. The van der Waals surface area contributed by atoms with Gasteiger partial charge in [0.2, 0.25) is 0 Å². The predicted molar refractivity (Wildman–Crippen MR) is 95.1 cm³/mol. The molecule has 2 N–H and O–H groups in total. The Kier molecular flexibility index (Phi) is 3.13. The van der Waals surface area contributed by atoms with Crippen LogP contribution < -0.4 is 10.9 Å². The van der Waals surface area contributed by atoms with Crippen molar-refractivity contribution < 1.29 is 0 Å². The van der Waals surface area contributed by atoms with Crippen LogP contribution in [0.4, 0.5) is 11.4 Å². The zero-order chi connectivity index (χ0) is 14.8. The Balaban J connectivity index is 1.63. The number of nitrogens with one attached hydrogen (secondary N) is 2. The van der Waals surface area contributed by atoms with Gasteiger partial charge in [-0.2, -0.15) is 0 Å². The standard InChI is InChI=1S/C20H16N2/c1-2-8-17-14-18(13-12-15(17)6-1)21-22-20-11-5-9-16-7-3-4-10-19(16)20/h1-14,21-22H. The molecule has 106 valence electrons. The molecule has 4 rings (SSSR count). The van der Waals surface area contributed by atoms with Crippen LogP contribution in [0, 0.1) is 0 Å². The van der Waals surface area contributed by atoms with Gasteiger partial charge in [0.1, 0.15) is 0 Å². The summed E-state index contributed by atoms with van der Waals surface area (Å²) in [7, 11) is 0. The van der Waals surface area contributed by atoms with Gasteiger partial charge in [-0.1, -0.05) is 66.7 Å². The summed E-state index contributed by atoms with van der Waals surface area (Å²) in [5.41, 5.74) is 8.74. The Morgan fingerprint density at radius 2 is 1.23 bits per heavy atom. The Hall–Kier alpha value is -3.00. The average Bonchev–Trinajstić information content (AvgIpc) is 2.60. The van der Waals surface area contributed by atoms with Gasteiger partial charge >= 0.3 is 0 Å². The van der Waals surface area contributed by atoms with Gasteiger partial charge in [-0.25, -0.2) is 0 Å². The second kappa shape index (κ2) is 5.41. The van der Waals surface area contributed by atoms with Crippen molar-refractivity contribution in [2.24, 2.45) is 0 Å². The number of rotatable bonds is 3. The van der Waals surface area contributed by atoms with Crippen LogP contribution in [0.25, 0.3) is 21.5 Å². The van der Waals surface area contributed by atoms with Crippen molar-refractivity contribution in [2.75, 3.05) is 10.9 Å². The maximum atomic E-state index is 3.32. The van der Waals surface area contributed by atoms with Gasteiger partial charge in [0.05, 0.1) is 11.4 Å². The van der Waals surface area contributed by atoms with Crippen molar-refractivity contribution in [3.05, 3.63) is 84.9 Å². The van der Waals surface area contributed by atoms with Crippen LogP contribution in [-0.4, -0.2) is 0 Å². The van der Waals surface area contributed by atoms with E-state index >= 15 is 0 Å². The van der Waals surface area contributed by atoms with E-state index in [0.717, 1.165) is 11.4 Å². The van der Waals surface area contributed by atoms with Gasteiger partial charge in [0.25, 0.3) is 0 Å². The zero-order valence-corrected chi connectivity index (χ0v) is 12.1. The fraction of sp³-hybridized carbons (Fsp3) is 0. The van der Waals surface area contributed by atoms with Gasteiger partial charge in [-0.05, 0) is 34.4 Å². The smallest absolute Gasteiger partial charge is 0.0618 e. The quantitative estimate of drug-likeness (QED) is 0.490. The summed E-state index contributed by atoms with van der Waals surface area (Å²) in [6, 6.07) is 29.3. The Bertz CT molecular complexity index is 939. The highest BCUT2D eigenvalue weighted by molar-refractivity contribution is 5.94. The van der Waals surface area contributed by atoms with E-state index in [9.17, 15) is 0 Å². The summed E-state index contributed by atoms with van der Waals surface area (Å²) in [5, 5.41) is 4.91. The molecule has 4 aromatic carbocycles. The predicted octanol–water partition coefficient (Wildman–Crippen LogP) is 5.43. The highest BCUT2D eigenvalue weighted by atomic mass is 15.4. The number of benzene rings is 4. The van der Waals surface area contributed by atoms with Crippen molar-refractivity contribution in [3.63, 3.8) is 0 Å². The summed E-state index contributed by atoms with van der Waals surface area (Å²) >= 11 is 0. The fourth-order valence-electron chi connectivity index (χ4n) is 2.74. The first kappa shape index (κ1) is 12.7. The molecular formula is C20H16N2. The SMILES string of the molecule is c1ccc2cc(NNc3cccc4ccccc34)ccc2c1. The van der Waals surface area contributed by atoms with Gasteiger partial charge in [0.15, 0.2) is 0 Å². The van der Waals surface area contributed by atoms with E-state index in [4.69, 9.17) is 0 Å². The highest BCUT2D eigenvalue weighted by Crippen LogP contribution is 2.24. The van der Waals surface area contributed by atoms with Crippen molar-refractivity contribution >= 4 is 32.9 Å². The van der Waals surface area contributed by atoms with Gasteiger partial charge in [-0.3, -0.25) is 0 Å². The maximum Gasteiger partial charge on any atom is 0.0618 e. The van der Waals surface area contributed by atoms with Gasteiger partial charge in [-0.15, -0.1) is 0 Å². The largest absolute Gasteiger partial charge is 0.301 e. The van der Waals surface area contributed by atoms with Crippen molar-refractivity contribution in [3.8, 4) is 0 Å². The second-order valence-corrected chi connectivity index (χ2v) is 5.34. The molecule has 0 fully saturated rings. The third-order valence-electron chi connectivity index (χ3n) is 3.88. The number of fused-ring (bicyclic) bond motifs is 2. The summed E-state index contributed by atoms with van der Waals surface area (Å²) < 4.78 is 0. The Morgan fingerprint density at radius 3 is 2.14 bits per heavy atom. The first-order valence-corrected chi connectivity index (χ1v) is 7.39. The minimum atomic E-state index is 1.05. The molecule has 22 heavy (non-hydrogen) atoms.